The van der Waals surface area contributed by atoms with Crippen LogP contribution in [0.5, 0.6) is 0 Å². The molecule has 1 aromatic rings. The van der Waals surface area contributed by atoms with Gasteiger partial charge in [-0.2, -0.15) is 0 Å². The highest BCUT2D eigenvalue weighted by Crippen LogP contribution is 2.18. The summed E-state index contributed by atoms with van der Waals surface area (Å²) in [6, 6.07) is 0. The van der Waals surface area contributed by atoms with E-state index in [4.69, 9.17) is 0 Å². The van der Waals surface area contributed by atoms with E-state index in [1.807, 2.05) is 12.5 Å². The molecule has 0 aliphatic carbocycles. The van der Waals surface area contributed by atoms with Crippen molar-refractivity contribution in [1.29, 1.82) is 0 Å². The van der Waals surface area contributed by atoms with E-state index in [1.54, 1.807) is 0 Å². The maximum absolute atomic E-state index is 4.27. The van der Waals surface area contributed by atoms with Gasteiger partial charge in [-0.05, 0) is 13.1 Å². The van der Waals surface area contributed by atoms with Gasteiger partial charge >= 0.3 is 0 Å². The lowest BCUT2D eigenvalue weighted by molar-refractivity contribution is 0.286. The molecule has 1 aliphatic heterocycles. The standard InChI is InChI=1S/C12H22N4/c1-3-15(4-2)5-6-16-10-14-9-12(16)11-7-13-8-11/h9-11,13H,3-8H2,1-2H3. The molecule has 1 fully saturated rings. The first-order chi connectivity index (χ1) is 7.85. The van der Waals surface area contributed by atoms with Crippen molar-refractivity contribution in [2.75, 3.05) is 32.7 Å². The molecule has 0 aromatic carbocycles. The summed E-state index contributed by atoms with van der Waals surface area (Å²) in [7, 11) is 0. The smallest absolute Gasteiger partial charge is 0.0948 e. The molecule has 0 radical (unpaired) electrons. The van der Waals surface area contributed by atoms with Gasteiger partial charge in [0, 0.05) is 44.0 Å². The Bertz CT molecular complexity index is 313. The van der Waals surface area contributed by atoms with Gasteiger partial charge in [-0.25, -0.2) is 4.98 Å². The molecule has 0 unspecified atom stereocenters. The van der Waals surface area contributed by atoms with E-state index in [1.165, 1.54) is 5.69 Å². The summed E-state index contributed by atoms with van der Waals surface area (Å²) < 4.78 is 2.31. The third kappa shape index (κ3) is 2.44. The highest BCUT2D eigenvalue weighted by atomic mass is 15.2. The van der Waals surface area contributed by atoms with Crippen LogP contribution < -0.4 is 5.32 Å². The lowest BCUT2D eigenvalue weighted by Crippen LogP contribution is -2.41. The van der Waals surface area contributed by atoms with Crippen LogP contribution in [0.2, 0.25) is 0 Å². The van der Waals surface area contributed by atoms with Crippen LogP contribution >= 0.6 is 0 Å². The SMILES string of the molecule is CCN(CC)CCn1cncc1C1CNC1. The van der Waals surface area contributed by atoms with E-state index in [0.29, 0.717) is 5.92 Å². The van der Waals surface area contributed by atoms with Crippen LogP contribution in [0.3, 0.4) is 0 Å². The topological polar surface area (TPSA) is 33.1 Å². The second-order valence-corrected chi connectivity index (χ2v) is 4.39. The minimum Gasteiger partial charge on any atom is -0.333 e. The molecule has 2 rings (SSSR count). The Morgan fingerprint density at radius 2 is 2.19 bits per heavy atom. The summed E-state index contributed by atoms with van der Waals surface area (Å²) >= 11 is 0. The molecule has 16 heavy (non-hydrogen) atoms. The third-order valence-corrected chi connectivity index (χ3v) is 3.50. The predicted molar refractivity (Wildman–Crippen MR) is 65.6 cm³/mol. The quantitative estimate of drug-likeness (QED) is 0.776. The van der Waals surface area contributed by atoms with Crippen LogP contribution in [0, 0.1) is 0 Å². The van der Waals surface area contributed by atoms with E-state index in [2.05, 4.69) is 33.6 Å². The zero-order chi connectivity index (χ0) is 11.4. The molecule has 0 bridgehead atoms. The Morgan fingerprint density at radius 3 is 2.75 bits per heavy atom. The van der Waals surface area contributed by atoms with Crippen molar-refractivity contribution in [2.24, 2.45) is 0 Å². The van der Waals surface area contributed by atoms with Gasteiger partial charge in [-0.1, -0.05) is 13.8 Å². The van der Waals surface area contributed by atoms with Crippen LogP contribution in [0.15, 0.2) is 12.5 Å². The molecule has 0 amide bonds. The summed E-state index contributed by atoms with van der Waals surface area (Å²) in [4.78, 5) is 6.72. The molecule has 90 valence electrons. The van der Waals surface area contributed by atoms with Crippen LogP contribution in [0.25, 0.3) is 0 Å². The summed E-state index contributed by atoms with van der Waals surface area (Å²) in [5, 5.41) is 3.31. The molecule has 4 nitrogen and oxygen atoms in total. The number of nitrogens with zero attached hydrogens (tertiary/aromatic N) is 3. The van der Waals surface area contributed by atoms with Crippen molar-refractivity contribution in [3.63, 3.8) is 0 Å². The van der Waals surface area contributed by atoms with Crippen molar-refractivity contribution >= 4 is 0 Å². The highest BCUT2D eigenvalue weighted by Gasteiger charge is 2.22. The molecule has 0 saturated carbocycles. The second kappa shape index (κ2) is 5.46. The van der Waals surface area contributed by atoms with E-state index in [0.717, 1.165) is 39.3 Å². The number of nitrogens with one attached hydrogen (secondary N) is 1. The van der Waals surface area contributed by atoms with Crippen molar-refractivity contribution in [2.45, 2.75) is 26.3 Å². The molecule has 4 heteroatoms. The number of hydrogen-bond donors (Lipinski definition) is 1. The number of aromatic nitrogens is 2. The Balaban J connectivity index is 1.90. The summed E-state index contributed by atoms with van der Waals surface area (Å²) in [6.45, 7) is 11.1. The first-order valence-corrected chi connectivity index (χ1v) is 6.28. The molecule has 0 atom stereocenters. The minimum absolute atomic E-state index is 0.680. The Hall–Kier alpha value is -0.870. The monoisotopic (exact) mass is 222 g/mol. The van der Waals surface area contributed by atoms with Crippen molar-refractivity contribution in [3.05, 3.63) is 18.2 Å². The molecule has 2 heterocycles. The van der Waals surface area contributed by atoms with Gasteiger partial charge in [0.25, 0.3) is 0 Å². The normalized spacial score (nSPS) is 16.7. The Kier molecular flexibility index (Phi) is 3.96. The van der Waals surface area contributed by atoms with Crippen LogP contribution in [0.1, 0.15) is 25.5 Å². The van der Waals surface area contributed by atoms with Gasteiger partial charge in [0.1, 0.15) is 0 Å². The van der Waals surface area contributed by atoms with Gasteiger partial charge in [0.2, 0.25) is 0 Å². The zero-order valence-electron chi connectivity index (χ0n) is 10.3. The van der Waals surface area contributed by atoms with Crippen LogP contribution in [-0.2, 0) is 6.54 Å². The lowest BCUT2D eigenvalue weighted by Gasteiger charge is -2.28. The predicted octanol–water partition coefficient (Wildman–Crippen LogP) is 0.912. The Labute approximate surface area is 97.7 Å². The minimum atomic E-state index is 0.680. The maximum atomic E-state index is 4.27. The number of hydrogen-bond acceptors (Lipinski definition) is 3. The molecule has 1 saturated heterocycles. The lowest BCUT2D eigenvalue weighted by atomic mass is 10.00. The highest BCUT2D eigenvalue weighted by molar-refractivity contribution is 5.11. The van der Waals surface area contributed by atoms with E-state index in [9.17, 15) is 0 Å². The molecule has 1 aliphatic rings. The number of imidazole rings is 1. The fraction of sp³-hybridized carbons (Fsp3) is 0.750. The van der Waals surface area contributed by atoms with Gasteiger partial charge in [0.05, 0.1) is 6.33 Å². The van der Waals surface area contributed by atoms with Crippen molar-refractivity contribution in [1.82, 2.24) is 19.8 Å². The first-order valence-electron chi connectivity index (χ1n) is 6.28. The van der Waals surface area contributed by atoms with Crippen LogP contribution in [0.4, 0.5) is 0 Å². The fourth-order valence-corrected chi connectivity index (χ4v) is 2.14. The number of rotatable bonds is 6. The zero-order valence-corrected chi connectivity index (χ0v) is 10.3. The third-order valence-electron chi connectivity index (χ3n) is 3.50. The molecule has 1 N–H and O–H groups in total. The maximum Gasteiger partial charge on any atom is 0.0948 e. The molecule has 0 spiro atoms. The average molecular weight is 222 g/mol. The largest absolute Gasteiger partial charge is 0.333 e. The summed E-state index contributed by atoms with van der Waals surface area (Å²) in [5.74, 6) is 0.680. The van der Waals surface area contributed by atoms with Gasteiger partial charge in [-0.3, -0.25) is 0 Å². The van der Waals surface area contributed by atoms with E-state index >= 15 is 0 Å². The average Bonchev–Trinajstić information content (AvgIpc) is 2.65. The van der Waals surface area contributed by atoms with Gasteiger partial charge in [0.15, 0.2) is 0 Å². The summed E-state index contributed by atoms with van der Waals surface area (Å²) in [6.07, 6.45) is 3.99. The van der Waals surface area contributed by atoms with Gasteiger partial charge < -0.3 is 14.8 Å². The van der Waals surface area contributed by atoms with Crippen molar-refractivity contribution < 1.29 is 0 Å². The molecular formula is C12H22N4. The molecular weight excluding hydrogens is 200 g/mol. The second-order valence-electron chi connectivity index (χ2n) is 4.39. The van der Waals surface area contributed by atoms with E-state index < -0.39 is 0 Å². The number of likely N-dealkylation sites (N-methyl/N-ethyl adjacent to an activating group) is 1. The van der Waals surface area contributed by atoms with Gasteiger partial charge in [-0.15, -0.1) is 0 Å². The molecule has 1 aromatic heterocycles. The Morgan fingerprint density at radius 1 is 1.44 bits per heavy atom. The van der Waals surface area contributed by atoms with Crippen LogP contribution in [-0.4, -0.2) is 47.2 Å². The van der Waals surface area contributed by atoms with Crippen molar-refractivity contribution in [3.8, 4) is 0 Å². The summed E-state index contributed by atoms with van der Waals surface area (Å²) in [5.41, 5.74) is 1.39. The van der Waals surface area contributed by atoms with E-state index in [-0.39, 0.29) is 0 Å². The fourth-order valence-electron chi connectivity index (χ4n) is 2.14. The first kappa shape index (κ1) is 11.6.